The molecule has 2 aliphatic heterocycles. The van der Waals surface area contributed by atoms with Crippen LogP contribution in [-0.2, 0) is 42.9 Å². The third-order valence-electron chi connectivity index (χ3n) is 13.4. The van der Waals surface area contributed by atoms with Crippen LogP contribution in [0.2, 0.25) is 0 Å². The van der Waals surface area contributed by atoms with Crippen molar-refractivity contribution in [1.82, 2.24) is 5.32 Å². The fourth-order valence-electron chi connectivity index (χ4n) is 10.1. The monoisotopic (exact) mass is 795 g/mol. The molecule has 2 saturated carbocycles. The predicted octanol–water partition coefficient (Wildman–Crippen LogP) is 3.23. The van der Waals surface area contributed by atoms with Crippen molar-refractivity contribution in [2.24, 2.45) is 16.7 Å². The molecule has 2 heterocycles. The van der Waals surface area contributed by atoms with Gasteiger partial charge in [-0.1, -0.05) is 56.3 Å². The SMILES string of the molecule is CC(=O)O[C@@]12CO[C@@H]1C[C@H](O)[C@@]1(C)C(=O)[C@H](O)C3=C(C)[C@@H]4C[C@@](O)([C@@H](OC(=O)CCCC/C=C/CCCCC(=O)N[C@@H](c5ccccc5)[C@@H](O)C(=O)O4)[C@H]21)C3(C)C. The number of carbonyl (C=O) groups excluding carboxylic acids is 5. The summed E-state index contributed by atoms with van der Waals surface area (Å²) in [4.78, 5) is 68.9. The van der Waals surface area contributed by atoms with E-state index in [1.54, 1.807) is 51.1 Å². The predicted molar refractivity (Wildman–Crippen MR) is 203 cm³/mol. The minimum absolute atomic E-state index is 0.0101. The molecule has 3 aliphatic carbocycles. The highest BCUT2D eigenvalue weighted by atomic mass is 16.6. The average Bonchev–Trinajstić information content (AvgIpc) is 3.15. The maximum Gasteiger partial charge on any atom is 0.338 e. The summed E-state index contributed by atoms with van der Waals surface area (Å²) in [6.45, 7) is 7.07. The van der Waals surface area contributed by atoms with Crippen molar-refractivity contribution in [2.75, 3.05) is 6.61 Å². The average molecular weight is 796 g/mol. The molecule has 6 rings (SSSR count). The third-order valence-corrected chi connectivity index (χ3v) is 13.4. The summed E-state index contributed by atoms with van der Waals surface area (Å²) >= 11 is 0. The van der Waals surface area contributed by atoms with Crippen LogP contribution in [-0.4, -0.2) is 104 Å². The first kappa shape index (κ1) is 42.7. The summed E-state index contributed by atoms with van der Waals surface area (Å²) in [7, 11) is 0. The lowest BCUT2D eigenvalue weighted by Gasteiger charge is -2.67. The normalized spacial score (nSPS) is 39.9. The number of Topliss-reactive ketones (excluding diaryl/α,β-unsaturated/α-hetero) is 1. The number of hydrogen-bond donors (Lipinski definition) is 5. The number of ketones is 1. The molecular formula is C43H57NO13. The van der Waals surface area contributed by atoms with Gasteiger partial charge in [-0.15, -0.1) is 0 Å². The molecule has 0 spiro atoms. The number of ether oxygens (including phenoxy) is 4. The van der Waals surface area contributed by atoms with Gasteiger partial charge < -0.3 is 44.7 Å². The molecule has 0 aromatic heterocycles. The van der Waals surface area contributed by atoms with Gasteiger partial charge in [0.1, 0.15) is 30.0 Å². The molecule has 0 radical (unpaired) electrons. The van der Waals surface area contributed by atoms with E-state index in [2.05, 4.69) is 5.32 Å². The topological polar surface area (TPSA) is 215 Å². The van der Waals surface area contributed by atoms with Crippen molar-refractivity contribution in [3.05, 3.63) is 59.2 Å². The zero-order valence-corrected chi connectivity index (χ0v) is 33.4. The molecule has 312 valence electrons. The number of rotatable bonds is 2. The van der Waals surface area contributed by atoms with Gasteiger partial charge in [0, 0.05) is 38.0 Å². The molecule has 3 fully saturated rings. The van der Waals surface area contributed by atoms with Gasteiger partial charge in [-0.2, -0.15) is 0 Å². The van der Waals surface area contributed by atoms with Crippen LogP contribution >= 0.6 is 0 Å². The Hall–Kier alpha value is -3.95. The second-order valence-electron chi connectivity index (χ2n) is 17.2. The number of fused-ring (bicyclic) bond motifs is 6. The highest BCUT2D eigenvalue weighted by Crippen LogP contribution is 2.64. The molecular weight excluding hydrogens is 738 g/mol. The van der Waals surface area contributed by atoms with Gasteiger partial charge in [0.15, 0.2) is 17.5 Å². The number of hydrogen-bond acceptors (Lipinski definition) is 13. The lowest BCUT2D eigenvalue weighted by atomic mass is 9.44. The zero-order chi connectivity index (χ0) is 41.5. The minimum atomic E-state index is -2.27. The molecule has 0 unspecified atom stereocenters. The van der Waals surface area contributed by atoms with E-state index in [0.29, 0.717) is 31.2 Å². The largest absolute Gasteiger partial charge is 0.459 e. The molecule has 57 heavy (non-hydrogen) atoms. The Morgan fingerprint density at radius 2 is 1.56 bits per heavy atom. The van der Waals surface area contributed by atoms with Gasteiger partial charge in [-0.25, -0.2) is 4.79 Å². The molecule has 5 aliphatic rings. The summed E-state index contributed by atoms with van der Waals surface area (Å²) < 4.78 is 24.2. The van der Waals surface area contributed by atoms with Crippen molar-refractivity contribution in [1.29, 1.82) is 0 Å². The van der Waals surface area contributed by atoms with Crippen LogP contribution in [0.3, 0.4) is 0 Å². The molecule has 14 heteroatoms. The zero-order valence-electron chi connectivity index (χ0n) is 33.4. The van der Waals surface area contributed by atoms with E-state index in [4.69, 9.17) is 18.9 Å². The van der Waals surface area contributed by atoms with E-state index in [9.17, 15) is 44.4 Å². The summed E-state index contributed by atoms with van der Waals surface area (Å²) in [6.07, 6.45) is -2.13. The maximum atomic E-state index is 14.9. The van der Waals surface area contributed by atoms with Crippen LogP contribution in [0.15, 0.2) is 53.6 Å². The Morgan fingerprint density at radius 1 is 0.912 bits per heavy atom. The van der Waals surface area contributed by atoms with E-state index in [-0.39, 0.29) is 42.9 Å². The van der Waals surface area contributed by atoms with E-state index >= 15 is 0 Å². The van der Waals surface area contributed by atoms with Gasteiger partial charge >= 0.3 is 17.9 Å². The molecule has 5 N–H and O–H groups in total. The molecule has 11 atom stereocenters. The Labute approximate surface area is 333 Å². The highest BCUT2D eigenvalue weighted by molar-refractivity contribution is 5.93. The van der Waals surface area contributed by atoms with Crippen LogP contribution in [0.4, 0.5) is 0 Å². The summed E-state index contributed by atoms with van der Waals surface area (Å²) in [6, 6.07) is 7.24. The lowest BCUT2D eigenvalue weighted by molar-refractivity contribution is -0.347. The second kappa shape index (κ2) is 16.4. The van der Waals surface area contributed by atoms with Crippen LogP contribution < -0.4 is 5.32 Å². The number of benzene rings is 1. The van der Waals surface area contributed by atoms with E-state index in [1.165, 1.54) is 13.8 Å². The van der Waals surface area contributed by atoms with Gasteiger partial charge in [-0.05, 0) is 69.1 Å². The van der Waals surface area contributed by atoms with Gasteiger partial charge in [0.2, 0.25) is 5.91 Å². The van der Waals surface area contributed by atoms with Crippen LogP contribution in [0, 0.1) is 16.7 Å². The number of esters is 3. The summed E-state index contributed by atoms with van der Waals surface area (Å²) in [5.41, 5.74) is -6.81. The number of aliphatic hydroxyl groups excluding tert-OH is 3. The second-order valence-corrected chi connectivity index (χ2v) is 17.2. The molecule has 1 aromatic carbocycles. The van der Waals surface area contributed by atoms with Crippen LogP contribution in [0.5, 0.6) is 0 Å². The Balaban J connectivity index is 1.50. The third kappa shape index (κ3) is 7.48. The quantitative estimate of drug-likeness (QED) is 0.165. The van der Waals surface area contributed by atoms with Crippen molar-refractivity contribution < 1.29 is 63.3 Å². The van der Waals surface area contributed by atoms with Gasteiger partial charge in [0.05, 0.1) is 30.1 Å². The van der Waals surface area contributed by atoms with E-state index < -0.39 is 101 Å². The first-order chi connectivity index (χ1) is 26.9. The highest BCUT2D eigenvalue weighted by Gasteiger charge is 2.78. The molecule has 14 nitrogen and oxygen atoms in total. The fraction of sp³-hybridized carbons (Fsp3) is 0.651. The first-order valence-corrected chi connectivity index (χ1v) is 20.1. The van der Waals surface area contributed by atoms with Crippen LogP contribution in [0.1, 0.15) is 110 Å². The Bertz CT molecular complexity index is 1790. The summed E-state index contributed by atoms with van der Waals surface area (Å²) in [5, 5.41) is 51.8. The van der Waals surface area contributed by atoms with Crippen molar-refractivity contribution in [2.45, 2.75) is 153 Å². The smallest absolute Gasteiger partial charge is 0.338 e. The molecule has 3 bridgehead atoms. The number of allylic oxidation sites excluding steroid dienone is 2. The number of nitrogens with one attached hydrogen (secondary N) is 1. The lowest BCUT2D eigenvalue weighted by Crippen LogP contribution is -2.81. The Kier molecular flexibility index (Phi) is 12.2. The van der Waals surface area contributed by atoms with Crippen molar-refractivity contribution in [3.8, 4) is 0 Å². The first-order valence-electron chi connectivity index (χ1n) is 20.1. The van der Waals surface area contributed by atoms with Crippen LogP contribution in [0.25, 0.3) is 0 Å². The summed E-state index contributed by atoms with van der Waals surface area (Å²) in [5.74, 6) is -5.29. The van der Waals surface area contributed by atoms with Gasteiger partial charge in [-0.3, -0.25) is 19.2 Å². The van der Waals surface area contributed by atoms with Gasteiger partial charge in [0.25, 0.3) is 0 Å². The number of carbonyl (C=O) groups is 5. The number of amides is 1. The van der Waals surface area contributed by atoms with Crippen molar-refractivity contribution in [3.63, 3.8) is 0 Å². The minimum Gasteiger partial charge on any atom is -0.459 e. The number of aliphatic hydroxyl groups is 4. The maximum absolute atomic E-state index is 14.9. The standard InChI is InChI=1S/C43H57NO13/c1-24-27-22-43(53)38(36-41(5,37(51)34(49)32(24)40(43,3)4)28(46)21-29-42(36,23-54-29)57-25(2)45)56-31(48)20-16-11-9-7-6-8-10-15-19-30(47)44-33(35(50)39(52)55-27)26-17-13-12-14-18-26/h6-7,12-14,17-18,27-29,33-36,38,46,49-50,53H,8-11,15-16,19-23H2,1-5H3,(H,44,47)/b7-6+/t27-,28-,29+,33-,34+,35+,36-,38-,41+,42-,43+/m0/s1. The van der Waals surface area contributed by atoms with Crippen molar-refractivity contribution >= 4 is 29.6 Å². The molecule has 1 saturated heterocycles. The fourth-order valence-corrected chi connectivity index (χ4v) is 10.1. The molecule has 1 amide bonds. The Morgan fingerprint density at radius 3 is 2.18 bits per heavy atom. The molecule has 1 aromatic rings. The van der Waals surface area contributed by atoms with E-state index in [1.807, 2.05) is 12.2 Å². The van der Waals surface area contributed by atoms with E-state index in [0.717, 1.165) is 12.8 Å².